The SMILES string of the molecule is Clc1ccc(CNc2nc(Cl)nc3sccc23)cc1. The van der Waals surface area contributed by atoms with Crippen molar-refractivity contribution in [1.82, 2.24) is 9.97 Å². The number of hydrogen-bond donors (Lipinski definition) is 1. The van der Waals surface area contributed by atoms with Crippen LogP contribution in [-0.2, 0) is 6.54 Å². The van der Waals surface area contributed by atoms with Crippen LogP contribution in [0.3, 0.4) is 0 Å². The summed E-state index contributed by atoms with van der Waals surface area (Å²) in [5.74, 6) is 0.756. The first-order valence-corrected chi connectivity index (χ1v) is 7.25. The quantitative estimate of drug-likeness (QED) is 0.718. The predicted molar refractivity (Wildman–Crippen MR) is 81.2 cm³/mol. The molecular formula is C13H9Cl2N3S. The summed E-state index contributed by atoms with van der Waals surface area (Å²) in [6.07, 6.45) is 0. The maximum absolute atomic E-state index is 5.91. The van der Waals surface area contributed by atoms with Gasteiger partial charge in [0, 0.05) is 11.6 Å². The van der Waals surface area contributed by atoms with Crippen molar-refractivity contribution in [3.05, 3.63) is 51.6 Å². The van der Waals surface area contributed by atoms with E-state index in [2.05, 4.69) is 15.3 Å². The van der Waals surface area contributed by atoms with Crippen LogP contribution in [0.1, 0.15) is 5.56 Å². The topological polar surface area (TPSA) is 37.8 Å². The second-order valence-electron chi connectivity index (χ2n) is 3.96. The molecule has 0 atom stereocenters. The van der Waals surface area contributed by atoms with Crippen molar-refractivity contribution >= 4 is 50.6 Å². The summed E-state index contributed by atoms with van der Waals surface area (Å²) in [6.45, 7) is 0.662. The lowest BCUT2D eigenvalue weighted by molar-refractivity contribution is 1.11. The normalized spacial score (nSPS) is 10.8. The highest BCUT2D eigenvalue weighted by molar-refractivity contribution is 7.16. The van der Waals surface area contributed by atoms with Crippen LogP contribution in [0.15, 0.2) is 35.7 Å². The van der Waals surface area contributed by atoms with E-state index in [4.69, 9.17) is 23.2 Å². The molecule has 3 nitrogen and oxygen atoms in total. The lowest BCUT2D eigenvalue weighted by atomic mass is 10.2. The van der Waals surface area contributed by atoms with Gasteiger partial charge in [-0.2, -0.15) is 0 Å². The van der Waals surface area contributed by atoms with E-state index in [1.165, 1.54) is 0 Å². The highest BCUT2D eigenvalue weighted by atomic mass is 35.5. The Hall–Kier alpha value is -1.36. The van der Waals surface area contributed by atoms with E-state index in [0.717, 1.165) is 26.6 Å². The summed E-state index contributed by atoms with van der Waals surface area (Å²) in [4.78, 5) is 9.30. The Morgan fingerprint density at radius 2 is 1.84 bits per heavy atom. The van der Waals surface area contributed by atoms with Gasteiger partial charge < -0.3 is 5.32 Å². The lowest BCUT2D eigenvalue weighted by Gasteiger charge is -2.07. The number of fused-ring (bicyclic) bond motifs is 1. The molecule has 0 aliphatic heterocycles. The van der Waals surface area contributed by atoms with Gasteiger partial charge in [0.15, 0.2) is 0 Å². The minimum atomic E-state index is 0.258. The van der Waals surface area contributed by atoms with Gasteiger partial charge in [-0.1, -0.05) is 23.7 Å². The maximum atomic E-state index is 5.91. The number of hydrogen-bond acceptors (Lipinski definition) is 4. The Balaban J connectivity index is 1.85. The number of thiophene rings is 1. The van der Waals surface area contributed by atoms with Gasteiger partial charge >= 0.3 is 0 Å². The van der Waals surface area contributed by atoms with Crippen LogP contribution in [0.5, 0.6) is 0 Å². The number of nitrogens with one attached hydrogen (secondary N) is 1. The minimum Gasteiger partial charge on any atom is -0.365 e. The molecule has 0 spiro atoms. The van der Waals surface area contributed by atoms with E-state index < -0.39 is 0 Å². The molecule has 2 heterocycles. The molecule has 0 saturated heterocycles. The largest absolute Gasteiger partial charge is 0.365 e. The summed E-state index contributed by atoms with van der Waals surface area (Å²) in [5, 5.41) is 7.23. The Labute approximate surface area is 124 Å². The standard InChI is InChI=1S/C13H9Cl2N3S/c14-9-3-1-8(2-4-9)7-16-11-10-5-6-19-12(10)18-13(15)17-11/h1-6H,7H2,(H,16,17,18). The predicted octanol–water partition coefficient (Wildman–Crippen LogP) is 4.61. The second kappa shape index (κ2) is 5.33. The molecule has 0 amide bonds. The van der Waals surface area contributed by atoms with E-state index in [0.29, 0.717) is 6.54 Å². The monoisotopic (exact) mass is 309 g/mol. The van der Waals surface area contributed by atoms with E-state index >= 15 is 0 Å². The van der Waals surface area contributed by atoms with Crippen molar-refractivity contribution in [2.24, 2.45) is 0 Å². The fraction of sp³-hybridized carbons (Fsp3) is 0.0769. The molecule has 3 aromatic rings. The molecule has 0 aliphatic rings. The molecule has 96 valence electrons. The molecule has 1 N–H and O–H groups in total. The lowest BCUT2D eigenvalue weighted by Crippen LogP contribution is -2.02. The third-order valence-electron chi connectivity index (χ3n) is 2.67. The highest BCUT2D eigenvalue weighted by Crippen LogP contribution is 2.26. The van der Waals surface area contributed by atoms with Crippen molar-refractivity contribution in [3.63, 3.8) is 0 Å². The van der Waals surface area contributed by atoms with Crippen molar-refractivity contribution in [2.75, 3.05) is 5.32 Å². The first kappa shape index (κ1) is 12.7. The number of rotatable bonds is 3. The maximum Gasteiger partial charge on any atom is 0.225 e. The van der Waals surface area contributed by atoms with Gasteiger partial charge in [0.25, 0.3) is 0 Å². The summed E-state index contributed by atoms with van der Waals surface area (Å²) in [6, 6.07) is 9.67. The van der Waals surface area contributed by atoms with Crippen LogP contribution in [-0.4, -0.2) is 9.97 Å². The first-order valence-electron chi connectivity index (χ1n) is 5.61. The Bertz CT molecular complexity index is 709. The van der Waals surface area contributed by atoms with Crippen LogP contribution >= 0.6 is 34.5 Å². The minimum absolute atomic E-state index is 0.258. The summed E-state index contributed by atoms with van der Waals surface area (Å²) >= 11 is 13.3. The van der Waals surface area contributed by atoms with Gasteiger partial charge in [-0.15, -0.1) is 11.3 Å². The smallest absolute Gasteiger partial charge is 0.225 e. The Morgan fingerprint density at radius 1 is 1.05 bits per heavy atom. The molecule has 3 rings (SSSR count). The van der Waals surface area contributed by atoms with E-state index in [9.17, 15) is 0 Å². The fourth-order valence-corrected chi connectivity index (χ4v) is 2.86. The molecule has 0 fully saturated rings. The van der Waals surface area contributed by atoms with Crippen LogP contribution in [0.4, 0.5) is 5.82 Å². The molecular weight excluding hydrogens is 301 g/mol. The molecule has 19 heavy (non-hydrogen) atoms. The Kier molecular flexibility index (Phi) is 3.55. The van der Waals surface area contributed by atoms with Crippen LogP contribution in [0.2, 0.25) is 10.3 Å². The first-order chi connectivity index (χ1) is 9.22. The van der Waals surface area contributed by atoms with Crippen LogP contribution in [0, 0.1) is 0 Å². The van der Waals surface area contributed by atoms with Gasteiger partial charge in [-0.3, -0.25) is 0 Å². The zero-order valence-corrected chi connectivity index (χ0v) is 12.1. The molecule has 2 aromatic heterocycles. The number of nitrogens with zero attached hydrogens (tertiary/aromatic N) is 2. The fourth-order valence-electron chi connectivity index (χ4n) is 1.75. The van der Waals surface area contributed by atoms with Crippen LogP contribution in [0.25, 0.3) is 10.2 Å². The van der Waals surface area contributed by atoms with E-state index in [-0.39, 0.29) is 5.28 Å². The van der Waals surface area contributed by atoms with Crippen molar-refractivity contribution in [3.8, 4) is 0 Å². The average molecular weight is 310 g/mol. The molecule has 0 radical (unpaired) electrons. The van der Waals surface area contributed by atoms with Crippen molar-refractivity contribution in [1.29, 1.82) is 0 Å². The van der Waals surface area contributed by atoms with Crippen LogP contribution < -0.4 is 5.32 Å². The van der Waals surface area contributed by atoms with Crippen molar-refractivity contribution < 1.29 is 0 Å². The summed E-state index contributed by atoms with van der Waals surface area (Å²) in [7, 11) is 0. The van der Waals surface area contributed by atoms with Crippen molar-refractivity contribution in [2.45, 2.75) is 6.54 Å². The Morgan fingerprint density at radius 3 is 2.63 bits per heavy atom. The third-order valence-corrected chi connectivity index (χ3v) is 3.90. The van der Waals surface area contributed by atoms with Gasteiger partial charge in [-0.05, 0) is 40.7 Å². The number of halogens is 2. The molecule has 0 bridgehead atoms. The number of anilines is 1. The molecule has 0 aliphatic carbocycles. The van der Waals surface area contributed by atoms with Gasteiger partial charge in [0.2, 0.25) is 5.28 Å². The van der Waals surface area contributed by atoms with Gasteiger partial charge in [0.05, 0.1) is 5.39 Å². The van der Waals surface area contributed by atoms with Gasteiger partial charge in [-0.25, -0.2) is 9.97 Å². The molecule has 1 aromatic carbocycles. The zero-order valence-electron chi connectivity index (χ0n) is 9.73. The third kappa shape index (κ3) is 2.81. The second-order valence-corrected chi connectivity index (χ2v) is 5.63. The van der Waals surface area contributed by atoms with E-state index in [1.54, 1.807) is 11.3 Å². The van der Waals surface area contributed by atoms with E-state index in [1.807, 2.05) is 35.7 Å². The molecule has 0 unspecified atom stereocenters. The molecule has 6 heteroatoms. The molecule has 0 saturated carbocycles. The number of benzene rings is 1. The highest BCUT2D eigenvalue weighted by Gasteiger charge is 2.07. The zero-order chi connectivity index (χ0) is 13.2. The summed E-state index contributed by atoms with van der Waals surface area (Å²) < 4.78 is 0. The number of aromatic nitrogens is 2. The average Bonchev–Trinajstić information content (AvgIpc) is 2.85. The van der Waals surface area contributed by atoms with Gasteiger partial charge in [0.1, 0.15) is 10.6 Å². The summed E-state index contributed by atoms with van der Waals surface area (Å²) in [5.41, 5.74) is 1.13.